The Morgan fingerprint density at radius 2 is 1.23 bits per heavy atom. The van der Waals surface area contributed by atoms with Gasteiger partial charge in [0, 0.05) is 17.1 Å². The summed E-state index contributed by atoms with van der Waals surface area (Å²) >= 11 is 0. The van der Waals surface area contributed by atoms with Gasteiger partial charge in [0.2, 0.25) is 0 Å². The van der Waals surface area contributed by atoms with Gasteiger partial charge in [-0.05, 0) is 111 Å². The molecule has 0 aliphatic heterocycles. The molecule has 4 bridgehead atoms. The lowest BCUT2D eigenvalue weighted by molar-refractivity contribution is -0.204. The molecule has 0 radical (unpaired) electrons. The first-order chi connectivity index (χ1) is 17.1. The van der Waals surface area contributed by atoms with Crippen LogP contribution in [0.1, 0.15) is 39.0 Å². The molecule has 0 heterocycles. The van der Waals surface area contributed by atoms with E-state index in [2.05, 4.69) is 36.1 Å². The highest BCUT2D eigenvalue weighted by Crippen LogP contribution is 2.59. The van der Waals surface area contributed by atoms with Gasteiger partial charge in [-0.15, -0.1) is 0 Å². The molecular formula is C31H33NO3. The van der Waals surface area contributed by atoms with Crippen LogP contribution < -0.4 is 9.64 Å². The molecule has 4 fully saturated rings. The van der Waals surface area contributed by atoms with Crippen LogP contribution in [0.5, 0.6) is 5.75 Å². The molecule has 0 atom stereocenters. The Balaban J connectivity index is 1.12. The van der Waals surface area contributed by atoms with E-state index < -0.39 is 0 Å². The van der Waals surface area contributed by atoms with Crippen LogP contribution in [0.4, 0.5) is 17.1 Å². The molecule has 0 amide bonds. The van der Waals surface area contributed by atoms with Crippen LogP contribution in [0, 0.1) is 23.7 Å². The Kier molecular flexibility index (Phi) is 5.75. The van der Waals surface area contributed by atoms with Gasteiger partial charge in [-0.1, -0.05) is 36.4 Å². The average molecular weight is 468 g/mol. The Bertz CT molecular complexity index is 1090. The van der Waals surface area contributed by atoms with Crippen LogP contribution in [0.3, 0.4) is 0 Å². The molecule has 0 unspecified atom stereocenters. The van der Waals surface area contributed by atoms with Crippen LogP contribution in [0.25, 0.3) is 0 Å². The maximum Gasteiger partial charge on any atom is 0.344 e. The van der Waals surface area contributed by atoms with Crippen LogP contribution >= 0.6 is 0 Å². The van der Waals surface area contributed by atoms with Gasteiger partial charge in [0.25, 0.3) is 0 Å². The first-order valence-corrected chi connectivity index (χ1v) is 12.9. The van der Waals surface area contributed by atoms with Gasteiger partial charge < -0.3 is 14.4 Å². The fourth-order valence-corrected chi connectivity index (χ4v) is 7.00. The molecule has 3 aromatic rings. The number of hydrogen-bond acceptors (Lipinski definition) is 4. The molecule has 180 valence electrons. The molecule has 7 rings (SSSR count). The molecular weight excluding hydrogens is 434 g/mol. The van der Waals surface area contributed by atoms with E-state index in [9.17, 15) is 4.79 Å². The van der Waals surface area contributed by atoms with Gasteiger partial charge in [-0.25, -0.2) is 4.79 Å². The molecule has 0 saturated heterocycles. The van der Waals surface area contributed by atoms with Crippen LogP contribution in [-0.4, -0.2) is 18.2 Å². The Morgan fingerprint density at radius 3 is 1.74 bits per heavy atom. The quantitative estimate of drug-likeness (QED) is 0.342. The smallest absolute Gasteiger partial charge is 0.344 e. The highest BCUT2D eigenvalue weighted by molar-refractivity contribution is 5.76. The lowest BCUT2D eigenvalue weighted by Crippen LogP contribution is -2.58. The zero-order chi connectivity index (χ0) is 23.8. The number of hydrogen-bond donors (Lipinski definition) is 0. The van der Waals surface area contributed by atoms with E-state index in [1.54, 1.807) is 0 Å². The molecule has 35 heavy (non-hydrogen) atoms. The van der Waals surface area contributed by atoms with Gasteiger partial charge in [0.15, 0.2) is 6.61 Å². The Labute approximate surface area is 207 Å². The summed E-state index contributed by atoms with van der Waals surface area (Å²) in [4.78, 5) is 15.0. The maximum atomic E-state index is 12.8. The third kappa shape index (κ3) is 4.31. The molecule has 3 aromatic carbocycles. The molecule has 4 heteroatoms. The number of carbonyl (C=O) groups excluding carboxylic acids is 1. The van der Waals surface area contributed by atoms with Crippen LogP contribution in [-0.2, 0) is 9.53 Å². The van der Waals surface area contributed by atoms with Crippen molar-refractivity contribution in [1.82, 2.24) is 0 Å². The van der Waals surface area contributed by atoms with E-state index in [1.165, 1.54) is 32.1 Å². The van der Waals surface area contributed by atoms with Crippen molar-refractivity contribution in [2.75, 3.05) is 11.5 Å². The number of carbonyl (C=O) groups is 1. The highest BCUT2D eigenvalue weighted by atomic mass is 16.6. The fraction of sp³-hybridized carbons (Fsp3) is 0.387. The number of para-hydroxylation sites is 2. The summed E-state index contributed by atoms with van der Waals surface area (Å²) in [5.74, 6) is 3.16. The first kappa shape index (κ1) is 22.2. The molecule has 4 aliphatic carbocycles. The lowest BCUT2D eigenvalue weighted by Gasteiger charge is -2.59. The standard InChI is InChI=1S/C31H33NO3/c1-31(24-17-22-16-23(19-24)20-25(31)18-22)35-30(33)21-34-29-14-12-28(13-15-29)32(26-8-4-2-5-9-26)27-10-6-3-7-11-27/h2-15,22-25H,16-21H2,1H3. The van der Waals surface area contributed by atoms with E-state index in [0.29, 0.717) is 17.6 Å². The largest absolute Gasteiger partial charge is 0.482 e. The van der Waals surface area contributed by atoms with E-state index >= 15 is 0 Å². The average Bonchev–Trinajstić information content (AvgIpc) is 2.88. The van der Waals surface area contributed by atoms with Crippen molar-refractivity contribution in [2.24, 2.45) is 23.7 Å². The van der Waals surface area contributed by atoms with Crippen molar-refractivity contribution in [2.45, 2.75) is 44.6 Å². The summed E-state index contributed by atoms with van der Waals surface area (Å²) in [6.45, 7) is 2.12. The predicted octanol–water partition coefficient (Wildman–Crippen LogP) is 7.29. The van der Waals surface area contributed by atoms with Crippen molar-refractivity contribution in [3.05, 3.63) is 84.9 Å². The van der Waals surface area contributed by atoms with Crippen molar-refractivity contribution >= 4 is 23.0 Å². The number of nitrogens with zero attached hydrogens (tertiary/aromatic N) is 1. The maximum absolute atomic E-state index is 12.8. The third-order valence-corrected chi connectivity index (χ3v) is 8.57. The number of esters is 1. The lowest BCUT2D eigenvalue weighted by atomic mass is 9.50. The van der Waals surface area contributed by atoms with Crippen molar-refractivity contribution in [1.29, 1.82) is 0 Å². The van der Waals surface area contributed by atoms with Gasteiger partial charge in [-0.3, -0.25) is 0 Å². The summed E-state index contributed by atoms with van der Waals surface area (Å²) in [5, 5.41) is 0. The molecule has 0 spiro atoms. The first-order valence-electron chi connectivity index (χ1n) is 12.9. The molecule has 4 nitrogen and oxygen atoms in total. The van der Waals surface area contributed by atoms with Crippen LogP contribution in [0.2, 0.25) is 0 Å². The van der Waals surface area contributed by atoms with Gasteiger partial charge in [0.05, 0.1) is 0 Å². The minimum Gasteiger partial charge on any atom is -0.482 e. The normalized spacial score (nSPS) is 28.5. The second-order valence-electron chi connectivity index (χ2n) is 10.8. The number of benzene rings is 3. The van der Waals surface area contributed by atoms with Gasteiger partial charge >= 0.3 is 5.97 Å². The molecule has 4 saturated carbocycles. The van der Waals surface area contributed by atoms with E-state index in [-0.39, 0.29) is 18.2 Å². The minimum absolute atomic E-state index is 0.0533. The minimum atomic E-state index is -0.316. The summed E-state index contributed by atoms with van der Waals surface area (Å²) in [5.41, 5.74) is 2.88. The molecule has 4 aliphatic rings. The number of rotatable bonds is 7. The van der Waals surface area contributed by atoms with Crippen molar-refractivity contribution in [3.8, 4) is 5.75 Å². The second kappa shape index (κ2) is 9.07. The number of ether oxygens (including phenoxy) is 2. The van der Waals surface area contributed by atoms with Crippen LogP contribution in [0.15, 0.2) is 84.9 Å². The summed E-state index contributed by atoms with van der Waals surface area (Å²) in [6.07, 6.45) is 6.27. The Morgan fingerprint density at radius 1 is 0.743 bits per heavy atom. The van der Waals surface area contributed by atoms with Gasteiger partial charge in [0.1, 0.15) is 11.4 Å². The summed E-state index contributed by atoms with van der Waals surface area (Å²) in [6, 6.07) is 28.5. The molecule has 0 aromatic heterocycles. The SMILES string of the molecule is CC1(OC(=O)COc2ccc(N(c3ccccc3)c3ccccc3)cc2)C2CC3CC(C2)CC1C3. The topological polar surface area (TPSA) is 38.8 Å². The van der Waals surface area contributed by atoms with Crippen molar-refractivity contribution in [3.63, 3.8) is 0 Å². The summed E-state index contributed by atoms with van der Waals surface area (Å²) in [7, 11) is 0. The second-order valence-corrected chi connectivity index (χ2v) is 10.8. The van der Waals surface area contributed by atoms with Gasteiger partial charge in [-0.2, -0.15) is 0 Å². The van der Waals surface area contributed by atoms with Crippen molar-refractivity contribution < 1.29 is 14.3 Å². The van der Waals surface area contributed by atoms with E-state index in [1.807, 2.05) is 60.7 Å². The third-order valence-electron chi connectivity index (χ3n) is 8.57. The molecule has 0 N–H and O–H groups in total. The zero-order valence-electron chi connectivity index (χ0n) is 20.3. The monoisotopic (exact) mass is 467 g/mol. The van der Waals surface area contributed by atoms with E-state index in [0.717, 1.165) is 28.9 Å². The zero-order valence-corrected chi connectivity index (χ0v) is 20.3. The summed E-state index contributed by atoms with van der Waals surface area (Å²) < 4.78 is 12.0. The highest BCUT2D eigenvalue weighted by Gasteiger charge is 2.57. The number of anilines is 3. The Hall–Kier alpha value is -3.27. The predicted molar refractivity (Wildman–Crippen MR) is 138 cm³/mol. The van der Waals surface area contributed by atoms with E-state index in [4.69, 9.17) is 9.47 Å². The fourth-order valence-electron chi connectivity index (χ4n) is 7.00.